The lowest BCUT2D eigenvalue weighted by atomic mass is 10.2. The molecular formula is C17H14Cl2N4O3S2. The predicted molar refractivity (Wildman–Crippen MR) is 111 cm³/mol. The van der Waals surface area contributed by atoms with E-state index in [1.165, 1.54) is 49.7 Å². The van der Waals surface area contributed by atoms with Gasteiger partial charge in [0.1, 0.15) is 10.8 Å². The van der Waals surface area contributed by atoms with Crippen molar-refractivity contribution in [2.45, 2.75) is 4.90 Å². The second-order valence-corrected chi connectivity index (χ2v) is 9.57. The number of sulfonamides is 1. The number of nitrogens with zero attached hydrogens (tertiary/aromatic N) is 3. The van der Waals surface area contributed by atoms with Gasteiger partial charge in [-0.05, 0) is 24.3 Å². The predicted octanol–water partition coefficient (Wildman–Crippen LogP) is 4.01. The number of aromatic nitrogens is 2. The van der Waals surface area contributed by atoms with Crippen LogP contribution in [0.3, 0.4) is 0 Å². The molecule has 146 valence electrons. The van der Waals surface area contributed by atoms with E-state index in [9.17, 15) is 13.2 Å². The molecule has 2 heterocycles. The lowest BCUT2D eigenvalue weighted by Gasteiger charge is -2.11. The number of pyridine rings is 1. The summed E-state index contributed by atoms with van der Waals surface area (Å²) in [6.45, 7) is 0. The van der Waals surface area contributed by atoms with Crippen molar-refractivity contribution in [2.24, 2.45) is 0 Å². The van der Waals surface area contributed by atoms with Gasteiger partial charge in [-0.25, -0.2) is 22.7 Å². The third-order valence-corrected chi connectivity index (χ3v) is 6.78. The molecule has 0 aliphatic carbocycles. The van der Waals surface area contributed by atoms with E-state index in [0.717, 1.165) is 4.31 Å². The van der Waals surface area contributed by atoms with E-state index >= 15 is 0 Å². The zero-order valence-electron chi connectivity index (χ0n) is 14.7. The Kier molecular flexibility index (Phi) is 6.01. The number of hydrogen-bond donors (Lipinski definition) is 1. The summed E-state index contributed by atoms with van der Waals surface area (Å²) >= 11 is 13.0. The Morgan fingerprint density at radius 3 is 2.39 bits per heavy atom. The molecule has 3 rings (SSSR count). The fraction of sp³-hybridized carbons (Fsp3) is 0.118. The van der Waals surface area contributed by atoms with Crippen LogP contribution in [-0.4, -0.2) is 42.7 Å². The summed E-state index contributed by atoms with van der Waals surface area (Å²) in [6, 6.07) is 9.32. The molecule has 2 aromatic heterocycles. The van der Waals surface area contributed by atoms with Crippen molar-refractivity contribution in [3.8, 4) is 11.3 Å². The number of rotatable bonds is 5. The van der Waals surface area contributed by atoms with E-state index in [2.05, 4.69) is 15.3 Å². The Labute approximate surface area is 176 Å². The molecule has 7 nitrogen and oxygen atoms in total. The average molecular weight is 457 g/mol. The van der Waals surface area contributed by atoms with E-state index in [4.69, 9.17) is 23.2 Å². The number of carbonyl (C=O) groups excluding carboxylic acids is 1. The van der Waals surface area contributed by atoms with Gasteiger partial charge in [-0.1, -0.05) is 35.3 Å². The lowest BCUT2D eigenvalue weighted by Crippen LogP contribution is -2.22. The zero-order valence-corrected chi connectivity index (χ0v) is 17.8. The largest absolute Gasteiger partial charge is 0.296 e. The third kappa shape index (κ3) is 4.34. The van der Waals surface area contributed by atoms with E-state index in [0.29, 0.717) is 16.4 Å². The van der Waals surface area contributed by atoms with Crippen molar-refractivity contribution < 1.29 is 13.2 Å². The van der Waals surface area contributed by atoms with Crippen LogP contribution in [0, 0.1) is 0 Å². The van der Waals surface area contributed by atoms with Crippen molar-refractivity contribution in [3.05, 3.63) is 57.6 Å². The molecule has 1 amide bonds. The lowest BCUT2D eigenvalue weighted by molar-refractivity contribution is 0.102. The van der Waals surface area contributed by atoms with Crippen molar-refractivity contribution in [3.63, 3.8) is 0 Å². The van der Waals surface area contributed by atoms with Gasteiger partial charge >= 0.3 is 0 Å². The zero-order chi connectivity index (χ0) is 20.5. The Bertz CT molecular complexity index is 1130. The molecule has 0 saturated carbocycles. The molecule has 0 spiro atoms. The summed E-state index contributed by atoms with van der Waals surface area (Å²) < 4.78 is 25.4. The van der Waals surface area contributed by atoms with Crippen molar-refractivity contribution >= 4 is 55.6 Å². The molecule has 0 fully saturated rings. The van der Waals surface area contributed by atoms with Crippen LogP contribution in [0.4, 0.5) is 5.13 Å². The monoisotopic (exact) mass is 456 g/mol. The quantitative estimate of drug-likeness (QED) is 0.585. The fourth-order valence-corrected chi connectivity index (χ4v) is 4.16. The molecule has 1 aromatic carbocycles. The Balaban J connectivity index is 1.79. The molecular weight excluding hydrogens is 443 g/mol. The highest BCUT2D eigenvalue weighted by molar-refractivity contribution is 7.89. The standard InChI is InChI=1S/C17H14Cl2N4O3S2/c1-23(2)28(25,26)11-5-3-10(4-6-11)13-9-27-17(20-13)22-16(24)15-12(18)7-8-14(19)21-15/h3-9H,1-2H3,(H,20,22,24). The van der Waals surface area contributed by atoms with Crippen LogP contribution >= 0.6 is 34.5 Å². The Morgan fingerprint density at radius 1 is 1.07 bits per heavy atom. The van der Waals surface area contributed by atoms with Gasteiger partial charge in [0.2, 0.25) is 10.0 Å². The summed E-state index contributed by atoms with van der Waals surface area (Å²) in [5.41, 5.74) is 1.32. The molecule has 0 radical (unpaired) electrons. The highest BCUT2D eigenvalue weighted by Crippen LogP contribution is 2.27. The van der Waals surface area contributed by atoms with E-state index in [1.54, 1.807) is 17.5 Å². The topological polar surface area (TPSA) is 92.3 Å². The number of nitrogens with one attached hydrogen (secondary N) is 1. The van der Waals surface area contributed by atoms with E-state index in [-0.39, 0.29) is 20.8 Å². The molecule has 0 unspecified atom stereocenters. The molecule has 0 aliphatic rings. The fourth-order valence-electron chi connectivity index (χ4n) is 2.21. The van der Waals surface area contributed by atoms with Crippen LogP contribution in [0.5, 0.6) is 0 Å². The van der Waals surface area contributed by atoms with Crippen LogP contribution in [0.2, 0.25) is 10.2 Å². The molecule has 3 aromatic rings. The van der Waals surface area contributed by atoms with Gasteiger partial charge in [0.15, 0.2) is 5.13 Å². The van der Waals surface area contributed by atoms with Gasteiger partial charge in [-0.15, -0.1) is 11.3 Å². The minimum absolute atomic E-state index is 0.00385. The third-order valence-electron chi connectivity index (χ3n) is 3.68. The first-order chi connectivity index (χ1) is 13.2. The number of benzene rings is 1. The number of thiazole rings is 1. The number of amides is 1. The van der Waals surface area contributed by atoms with Crippen LogP contribution < -0.4 is 5.32 Å². The molecule has 0 aliphatic heterocycles. The van der Waals surface area contributed by atoms with Gasteiger partial charge in [0.05, 0.1) is 15.6 Å². The van der Waals surface area contributed by atoms with E-state index in [1.807, 2.05) is 0 Å². The van der Waals surface area contributed by atoms with Crippen LogP contribution in [0.25, 0.3) is 11.3 Å². The van der Waals surface area contributed by atoms with Gasteiger partial charge < -0.3 is 0 Å². The summed E-state index contributed by atoms with van der Waals surface area (Å²) in [5, 5.41) is 5.06. The highest BCUT2D eigenvalue weighted by atomic mass is 35.5. The first kappa shape index (κ1) is 20.7. The normalized spacial score (nSPS) is 11.6. The van der Waals surface area contributed by atoms with Gasteiger partial charge in [0, 0.05) is 25.0 Å². The van der Waals surface area contributed by atoms with Crippen molar-refractivity contribution in [1.82, 2.24) is 14.3 Å². The average Bonchev–Trinajstić information content (AvgIpc) is 3.12. The molecule has 1 N–H and O–H groups in total. The van der Waals surface area contributed by atoms with E-state index < -0.39 is 15.9 Å². The maximum Gasteiger partial charge on any atom is 0.277 e. The number of anilines is 1. The van der Waals surface area contributed by atoms with Gasteiger partial charge in [-0.2, -0.15) is 0 Å². The Hall–Kier alpha value is -2.04. The van der Waals surface area contributed by atoms with Gasteiger partial charge in [-0.3, -0.25) is 10.1 Å². The number of hydrogen-bond acceptors (Lipinski definition) is 6. The molecule has 28 heavy (non-hydrogen) atoms. The summed E-state index contributed by atoms with van der Waals surface area (Å²) in [4.78, 5) is 20.8. The number of carbonyl (C=O) groups is 1. The molecule has 0 bridgehead atoms. The maximum absolute atomic E-state index is 12.3. The second kappa shape index (κ2) is 8.14. The van der Waals surface area contributed by atoms with Crippen LogP contribution in [0.15, 0.2) is 46.7 Å². The first-order valence-electron chi connectivity index (χ1n) is 7.80. The summed E-state index contributed by atoms with van der Waals surface area (Å²) in [5.74, 6) is -0.527. The summed E-state index contributed by atoms with van der Waals surface area (Å²) in [6.07, 6.45) is 0. The minimum Gasteiger partial charge on any atom is -0.296 e. The first-order valence-corrected chi connectivity index (χ1v) is 10.9. The summed E-state index contributed by atoms with van der Waals surface area (Å²) in [7, 11) is -0.553. The molecule has 0 saturated heterocycles. The Morgan fingerprint density at radius 2 is 1.75 bits per heavy atom. The smallest absolute Gasteiger partial charge is 0.277 e. The van der Waals surface area contributed by atoms with Gasteiger partial charge in [0.25, 0.3) is 5.91 Å². The SMILES string of the molecule is CN(C)S(=O)(=O)c1ccc(-c2csc(NC(=O)c3nc(Cl)ccc3Cl)n2)cc1. The second-order valence-electron chi connectivity index (χ2n) is 5.77. The van der Waals surface area contributed by atoms with Crippen molar-refractivity contribution in [1.29, 1.82) is 0 Å². The minimum atomic E-state index is -3.50. The van der Waals surface area contributed by atoms with Crippen LogP contribution in [0.1, 0.15) is 10.5 Å². The molecule has 11 heteroatoms. The number of halogens is 2. The maximum atomic E-state index is 12.3. The van der Waals surface area contributed by atoms with Crippen LogP contribution in [-0.2, 0) is 10.0 Å². The van der Waals surface area contributed by atoms with Crippen molar-refractivity contribution in [2.75, 3.05) is 19.4 Å². The highest BCUT2D eigenvalue weighted by Gasteiger charge is 2.18. The molecule has 0 atom stereocenters.